The molecule has 0 aromatic rings. The van der Waals surface area contributed by atoms with Crippen molar-refractivity contribution < 1.29 is 14.3 Å². The Morgan fingerprint density at radius 3 is 2.44 bits per heavy atom. The summed E-state index contributed by atoms with van der Waals surface area (Å²) in [7, 11) is 0. The maximum Gasteiger partial charge on any atom is 0.325 e. The normalized spacial score (nSPS) is 16.1. The van der Waals surface area contributed by atoms with Gasteiger partial charge in [0.1, 0.15) is 6.54 Å². The van der Waals surface area contributed by atoms with Crippen LogP contribution in [0, 0.1) is 0 Å². The van der Waals surface area contributed by atoms with Crippen LogP contribution in [0.15, 0.2) is 0 Å². The van der Waals surface area contributed by atoms with E-state index in [2.05, 4.69) is 5.32 Å². The summed E-state index contributed by atoms with van der Waals surface area (Å²) in [5.41, 5.74) is 0. The summed E-state index contributed by atoms with van der Waals surface area (Å²) in [6.07, 6.45) is 5.70. The number of esters is 1. The fraction of sp³-hybridized carbons (Fsp3) is 0.846. The molecule has 0 saturated heterocycles. The van der Waals surface area contributed by atoms with Gasteiger partial charge in [0.25, 0.3) is 0 Å². The third-order valence-corrected chi connectivity index (χ3v) is 3.23. The molecule has 5 heteroatoms. The Balaban J connectivity index is 2.38. The van der Waals surface area contributed by atoms with E-state index in [-0.39, 0.29) is 24.6 Å². The molecule has 0 aliphatic heterocycles. The molecule has 0 unspecified atom stereocenters. The van der Waals surface area contributed by atoms with Crippen molar-refractivity contribution in [1.29, 1.82) is 0 Å². The monoisotopic (exact) mass is 256 g/mol. The SMILES string of the molecule is CCOC(=O)CN(CC)C(=O)NC1CCCCC1. The molecule has 1 N–H and O–H groups in total. The Labute approximate surface area is 109 Å². The molecular formula is C13H24N2O3. The minimum absolute atomic E-state index is 0.0306. The average Bonchev–Trinajstić information content (AvgIpc) is 2.37. The highest BCUT2D eigenvalue weighted by molar-refractivity contribution is 5.81. The summed E-state index contributed by atoms with van der Waals surface area (Å²) < 4.78 is 4.85. The molecule has 1 saturated carbocycles. The van der Waals surface area contributed by atoms with Crippen molar-refractivity contribution in [1.82, 2.24) is 10.2 Å². The van der Waals surface area contributed by atoms with Gasteiger partial charge < -0.3 is 15.0 Å². The number of carbonyl (C=O) groups is 2. The topological polar surface area (TPSA) is 58.6 Å². The first-order valence-electron chi connectivity index (χ1n) is 6.88. The number of amides is 2. The van der Waals surface area contributed by atoms with Gasteiger partial charge in [-0.1, -0.05) is 19.3 Å². The molecule has 0 atom stereocenters. The van der Waals surface area contributed by atoms with Crippen LogP contribution >= 0.6 is 0 Å². The van der Waals surface area contributed by atoms with E-state index in [9.17, 15) is 9.59 Å². The maximum atomic E-state index is 12.0. The van der Waals surface area contributed by atoms with Crippen LogP contribution in [-0.2, 0) is 9.53 Å². The first-order valence-corrected chi connectivity index (χ1v) is 6.88. The maximum absolute atomic E-state index is 12.0. The zero-order chi connectivity index (χ0) is 13.4. The Bertz CT molecular complexity index is 275. The van der Waals surface area contributed by atoms with Crippen LogP contribution in [0.1, 0.15) is 46.0 Å². The minimum atomic E-state index is -0.349. The smallest absolute Gasteiger partial charge is 0.325 e. The van der Waals surface area contributed by atoms with Crippen LogP contribution in [0.4, 0.5) is 4.79 Å². The number of likely N-dealkylation sites (N-methyl/N-ethyl adjacent to an activating group) is 1. The first-order chi connectivity index (χ1) is 8.67. The van der Waals surface area contributed by atoms with Crippen molar-refractivity contribution in [2.45, 2.75) is 52.0 Å². The molecule has 5 nitrogen and oxygen atoms in total. The van der Waals surface area contributed by atoms with Gasteiger partial charge in [-0.3, -0.25) is 4.79 Å². The molecule has 0 heterocycles. The van der Waals surface area contributed by atoms with Crippen LogP contribution < -0.4 is 5.32 Å². The largest absolute Gasteiger partial charge is 0.465 e. The number of carbonyl (C=O) groups excluding carboxylic acids is 2. The molecule has 2 amide bonds. The second-order valence-corrected chi connectivity index (χ2v) is 4.60. The predicted molar refractivity (Wildman–Crippen MR) is 69.3 cm³/mol. The zero-order valence-corrected chi connectivity index (χ0v) is 11.4. The van der Waals surface area contributed by atoms with E-state index in [4.69, 9.17) is 4.74 Å². The zero-order valence-electron chi connectivity index (χ0n) is 11.4. The average molecular weight is 256 g/mol. The molecule has 1 aliphatic rings. The van der Waals surface area contributed by atoms with Gasteiger partial charge in [0.15, 0.2) is 0 Å². The van der Waals surface area contributed by atoms with Crippen molar-refractivity contribution >= 4 is 12.0 Å². The van der Waals surface area contributed by atoms with Crippen LogP contribution in [0.2, 0.25) is 0 Å². The highest BCUT2D eigenvalue weighted by Crippen LogP contribution is 2.17. The molecule has 0 aromatic carbocycles. The van der Waals surface area contributed by atoms with Crippen LogP contribution in [-0.4, -0.2) is 42.6 Å². The Hall–Kier alpha value is -1.26. The van der Waals surface area contributed by atoms with E-state index in [1.165, 1.54) is 24.2 Å². The van der Waals surface area contributed by atoms with E-state index in [1.807, 2.05) is 6.92 Å². The van der Waals surface area contributed by atoms with Gasteiger partial charge in [0.05, 0.1) is 6.61 Å². The number of nitrogens with one attached hydrogen (secondary N) is 1. The van der Waals surface area contributed by atoms with Gasteiger partial charge in [0.2, 0.25) is 0 Å². The van der Waals surface area contributed by atoms with E-state index in [0.717, 1.165) is 12.8 Å². The lowest BCUT2D eigenvalue weighted by Crippen LogP contribution is -2.47. The fourth-order valence-electron chi connectivity index (χ4n) is 2.20. The molecule has 0 aromatic heterocycles. The molecule has 0 spiro atoms. The van der Waals surface area contributed by atoms with Gasteiger partial charge in [-0.05, 0) is 26.7 Å². The number of rotatable bonds is 5. The third kappa shape index (κ3) is 4.94. The summed E-state index contributed by atoms with van der Waals surface area (Å²) in [6, 6.07) is 0.111. The van der Waals surface area contributed by atoms with E-state index >= 15 is 0 Å². The number of hydrogen-bond acceptors (Lipinski definition) is 3. The van der Waals surface area contributed by atoms with Crippen molar-refractivity contribution in [3.63, 3.8) is 0 Å². The molecule has 104 valence electrons. The van der Waals surface area contributed by atoms with Gasteiger partial charge in [-0.2, -0.15) is 0 Å². The molecule has 0 bridgehead atoms. The van der Waals surface area contributed by atoms with E-state index in [0.29, 0.717) is 13.2 Å². The van der Waals surface area contributed by atoms with Gasteiger partial charge in [-0.15, -0.1) is 0 Å². The quantitative estimate of drug-likeness (QED) is 0.764. The number of hydrogen-bond donors (Lipinski definition) is 1. The van der Waals surface area contributed by atoms with Crippen LogP contribution in [0.3, 0.4) is 0 Å². The van der Waals surface area contributed by atoms with Gasteiger partial charge in [0, 0.05) is 12.6 Å². The van der Waals surface area contributed by atoms with E-state index in [1.54, 1.807) is 6.92 Å². The first kappa shape index (κ1) is 14.8. The predicted octanol–water partition coefficient (Wildman–Crippen LogP) is 1.91. The minimum Gasteiger partial charge on any atom is -0.465 e. The van der Waals surface area contributed by atoms with E-state index < -0.39 is 0 Å². The molecule has 1 rings (SSSR count). The summed E-state index contributed by atoms with van der Waals surface area (Å²) in [4.78, 5) is 24.8. The Morgan fingerprint density at radius 2 is 1.89 bits per heavy atom. The number of nitrogens with zero attached hydrogens (tertiary/aromatic N) is 1. The number of urea groups is 1. The Morgan fingerprint density at radius 1 is 1.22 bits per heavy atom. The lowest BCUT2D eigenvalue weighted by molar-refractivity contribution is -0.143. The lowest BCUT2D eigenvalue weighted by Gasteiger charge is -2.27. The second kappa shape index (κ2) is 7.95. The highest BCUT2D eigenvalue weighted by Gasteiger charge is 2.20. The van der Waals surface area contributed by atoms with Crippen molar-refractivity contribution in [2.75, 3.05) is 19.7 Å². The molecule has 0 radical (unpaired) electrons. The molecular weight excluding hydrogens is 232 g/mol. The summed E-state index contributed by atoms with van der Waals surface area (Å²) in [5, 5.41) is 3.00. The summed E-state index contributed by atoms with van der Waals surface area (Å²) in [6.45, 7) is 4.51. The second-order valence-electron chi connectivity index (χ2n) is 4.60. The van der Waals surface area contributed by atoms with Crippen molar-refractivity contribution in [2.24, 2.45) is 0 Å². The fourth-order valence-corrected chi connectivity index (χ4v) is 2.20. The third-order valence-electron chi connectivity index (χ3n) is 3.23. The summed E-state index contributed by atoms with van der Waals surface area (Å²) in [5.74, 6) is -0.349. The standard InChI is InChI=1S/C13H24N2O3/c1-3-15(10-12(16)18-4-2)13(17)14-11-8-6-5-7-9-11/h11H,3-10H2,1-2H3,(H,14,17). The van der Waals surface area contributed by atoms with Crippen molar-refractivity contribution in [3.8, 4) is 0 Å². The van der Waals surface area contributed by atoms with Crippen molar-refractivity contribution in [3.05, 3.63) is 0 Å². The Kier molecular flexibility index (Phi) is 6.54. The van der Waals surface area contributed by atoms with Gasteiger partial charge >= 0.3 is 12.0 Å². The highest BCUT2D eigenvalue weighted by atomic mass is 16.5. The van der Waals surface area contributed by atoms with Gasteiger partial charge in [-0.25, -0.2) is 4.79 Å². The molecule has 1 fully saturated rings. The number of ether oxygens (including phenoxy) is 1. The lowest BCUT2D eigenvalue weighted by atomic mass is 9.96. The molecule has 18 heavy (non-hydrogen) atoms. The molecule has 1 aliphatic carbocycles. The summed E-state index contributed by atoms with van der Waals surface area (Å²) >= 11 is 0. The van der Waals surface area contributed by atoms with Crippen LogP contribution in [0.5, 0.6) is 0 Å². The van der Waals surface area contributed by atoms with Crippen LogP contribution in [0.25, 0.3) is 0 Å².